The van der Waals surface area contributed by atoms with Crippen molar-refractivity contribution in [2.24, 2.45) is 5.92 Å². The molecule has 2 unspecified atom stereocenters. The average molecular weight is 358 g/mol. The lowest BCUT2D eigenvalue weighted by atomic mass is 9.99. The van der Waals surface area contributed by atoms with Crippen molar-refractivity contribution in [1.82, 2.24) is 5.32 Å². The molecule has 1 aromatic carbocycles. The minimum Gasteiger partial charge on any atom is -0.480 e. The van der Waals surface area contributed by atoms with E-state index in [1.165, 1.54) is 6.07 Å². The number of hydrogen-bond acceptors (Lipinski definition) is 4. The summed E-state index contributed by atoms with van der Waals surface area (Å²) in [5.41, 5.74) is 0.320. The third kappa shape index (κ3) is 3.29. The van der Waals surface area contributed by atoms with Gasteiger partial charge in [0.1, 0.15) is 6.04 Å². The normalized spacial score (nSPS) is 15.4. The van der Waals surface area contributed by atoms with Crippen molar-refractivity contribution in [3.05, 3.63) is 22.2 Å². The molecule has 2 N–H and O–H groups in total. The second-order valence-electron chi connectivity index (χ2n) is 4.87. The van der Waals surface area contributed by atoms with Crippen LogP contribution in [0.1, 0.15) is 30.6 Å². The van der Waals surface area contributed by atoms with E-state index >= 15 is 0 Å². The molecule has 6 nitrogen and oxygen atoms in total. The maximum atomic E-state index is 12.2. The van der Waals surface area contributed by atoms with Crippen LogP contribution in [-0.4, -0.2) is 29.8 Å². The van der Waals surface area contributed by atoms with Crippen molar-refractivity contribution in [2.75, 3.05) is 6.79 Å². The molecule has 7 heteroatoms. The Morgan fingerprint density at radius 2 is 2.14 bits per heavy atom. The predicted molar refractivity (Wildman–Crippen MR) is 78.6 cm³/mol. The molecule has 1 aliphatic rings. The van der Waals surface area contributed by atoms with Crippen LogP contribution in [0.5, 0.6) is 11.5 Å². The van der Waals surface area contributed by atoms with Crippen LogP contribution in [0.4, 0.5) is 0 Å². The Labute approximate surface area is 130 Å². The van der Waals surface area contributed by atoms with Crippen LogP contribution in [0.15, 0.2) is 16.6 Å². The van der Waals surface area contributed by atoms with E-state index in [0.29, 0.717) is 28.0 Å². The van der Waals surface area contributed by atoms with Crippen LogP contribution in [0.3, 0.4) is 0 Å². The molecule has 0 spiro atoms. The minimum atomic E-state index is -1.04. The van der Waals surface area contributed by atoms with E-state index in [1.807, 2.05) is 6.92 Å². The van der Waals surface area contributed by atoms with Gasteiger partial charge in [0.15, 0.2) is 11.5 Å². The fraction of sp³-hybridized carbons (Fsp3) is 0.429. The van der Waals surface area contributed by atoms with Crippen molar-refractivity contribution in [2.45, 2.75) is 26.3 Å². The lowest BCUT2D eigenvalue weighted by molar-refractivity contribution is -0.140. The first-order chi connectivity index (χ1) is 9.93. The van der Waals surface area contributed by atoms with E-state index in [-0.39, 0.29) is 12.7 Å². The van der Waals surface area contributed by atoms with Gasteiger partial charge in [0.05, 0.1) is 4.47 Å². The molecule has 0 fully saturated rings. The highest BCUT2D eigenvalue weighted by Gasteiger charge is 2.27. The van der Waals surface area contributed by atoms with Crippen LogP contribution in [0.2, 0.25) is 0 Å². The van der Waals surface area contributed by atoms with E-state index < -0.39 is 17.9 Å². The number of carbonyl (C=O) groups is 2. The second-order valence-corrected chi connectivity index (χ2v) is 5.72. The molecule has 0 bridgehead atoms. The number of rotatable bonds is 5. The quantitative estimate of drug-likeness (QED) is 0.845. The maximum Gasteiger partial charge on any atom is 0.326 e. The number of halogens is 1. The van der Waals surface area contributed by atoms with Gasteiger partial charge in [-0.15, -0.1) is 0 Å². The zero-order chi connectivity index (χ0) is 15.6. The lowest BCUT2D eigenvalue weighted by Crippen LogP contribution is -2.45. The van der Waals surface area contributed by atoms with Gasteiger partial charge < -0.3 is 19.9 Å². The topological polar surface area (TPSA) is 84.9 Å². The molecule has 0 radical (unpaired) electrons. The molecule has 0 aliphatic carbocycles. The Morgan fingerprint density at radius 1 is 1.43 bits per heavy atom. The third-order valence-corrected chi connectivity index (χ3v) is 4.04. The lowest BCUT2D eigenvalue weighted by Gasteiger charge is -2.20. The smallest absolute Gasteiger partial charge is 0.326 e. The highest BCUT2D eigenvalue weighted by molar-refractivity contribution is 9.10. The van der Waals surface area contributed by atoms with E-state index in [1.54, 1.807) is 13.0 Å². The van der Waals surface area contributed by atoms with Gasteiger partial charge in [-0.25, -0.2) is 4.79 Å². The number of nitrogens with one attached hydrogen (secondary N) is 1. The molecule has 1 aromatic rings. The number of aliphatic carboxylic acids is 1. The molecule has 1 amide bonds. The molecule has 0 saturated heterocycles. The first kappa shape index (κ1) is 15.6. The number of ether oxygens (including phenoxy) is 2. The van der Waals surface area contributed by atoms with Gasteiger partial charge in [0.25, 0.3) is 5.91 Å². The standard InChI is InChI=1S/C14H16BrNO5/c1-3-7(2)11(14(18)19)16-13(17)8-4-9(15)12-10(5-8)20-6-21-12/h4-5,7,11H,3,6H2,1-2H3,(H,16,17)(H,18,19). The van der Waals surface area contributed by atoms with E-state index in [2.05, 4.69) is 21.2 Å². The Kier molecular flexibility index (Phi) is 4.72. The molecule has 21 heavy (non-hydrogen) atoms. The predicted octanol–water partition coefficient (Wildman–Crippen LogP) is 2.41. The monoisotopic (exact) mass is 357 g/mol. The Bertz CT molecular complexity index is 575. The van der Waals surface area contributed by atoms with Gasteiger partial charge in [0.2, 0.25) is 6.79 Å². The largest absolute Gasteiger partial charge is 0.480 e. The zero-order valence-electron chi connectivity index (χ0n) is 11.7. The van der Waals surface area contributed by atoms with Crippen LogP contribution >= 0.6 is 15.9 Å². The highest BCUT2D eigenvalue weighted by atomic mass is 79.9. The molecule has 2 rings (SSSR count). The summed E-state index contributed by atoms with van der Waals surface area (Å²) in [6.07, 6.45) is 0.655. The van der Waals surface area contributed by atoms with Crippen molar-refractivity contribution >= 4 is 27.8 Å². The molecule has 0 saturated carbocycles. The summed E-state index contributed by atoms with van der Waals surface area (Å²) in [5.74, 6) is -0.656. The SMILES string of the molecule is CCC(C)C(NC(=O)c1cc(Br)c2c(c1)OCO2)C(=O)O. The van der Waals surface area contributed by atoms with Crippen LogP contribution in [0, 0.1) is 5.92 Å². The van der Waals surface area contributed by atoms with Gasteiger partial charge in [-0.2, -0.15) is 0 Å². The summed E-state index contributed by atoms with van der Waals surface area (Å²) in [6.45, 7) is 3.77. The Hall–Kier alpha value is -1.76. The first-order valence-electron chi connectivity index (χ1n) is 6.56. The van der Waals surface area contributed by atoms with Crippen LogP contribution < -0.4 is 14.8 Å². The van der Waals surface area contributed by atoms with E-state index in [4.69, 9.17) is 9.47 Å². The number of carboxylic acids is 1. The number of hydrogen-bond donors (Lipinski definition) is 2. The highest BCUT2D eigenvalue weighted by Crippen LogP contribution is 2.39. The van der Waals surface area contributed by atoms with Gasteiger partial charge in [-0.3, -0.25) is 4.79 Å². The fourth-order valence-corrected chi connectivity index (χ4v) is 2.56. The minimum absolute atomic E-state index is 0.101. The van der Waals surface area contributed by atoms with Crippen LogP contribution in [-0.2, 0) is 4.79 Å². The maximum absolute atomic E-state index is 12.2. The van der Waals surface area contributed by atoms with Gasteiger partial charge in [-0.05, 0) is 34.0 Å². The van der Waals surface area contributed by atoms with Gasteiger partial charge >= 0.3 is 5.97 Å². The molecule has 114 valence electrons. The number of carboxylic acid groups (broad SMARTS) is 1. The number of fused-ring (bicyclic) bond motifs is 1. The van der Waals surface area contributed by atoms with E-state index in [0.717, 1.165) is 0 Å². The van der Waals surface area contributed by atoms with Crippen molar-refractivity contribution in [3.63, 3.8) is 0 Å². The van der Waals surface area contributed by atoms with Crippen molar-refractivity contribution in [3.8, 4) is 11.5 Å². The third-order valence-electron chi connectivity index (χ3n) is 3.46. The summed E-state index contributed by atoms with van der Waals surface area (Å²) in [6, 6.07) is 2.20. The summed E-state index contributed by atoms with van der Waals surface area (Å²) in [5, 5.41) is 11.8. The van der Waals surface area contributed by atoms with Crippen molar-refractivity contribution in [1.29, 1.82) is 0 Å². The molecular formula is C14H16BrNO5. The molecule has 1 aliphatic heterocycles. The van der Waals surface area contributed by atoms with Crippen LogP contribution in [0.25, 0.3) is 0 Å². The molecular weight excluding hydrogens is 342 g/mol. The van der Waals surface area contributed by atoms with E-state index in [9.17, 15) is 14.7 Å². The first-order valence-corrected chi connectivity index (χ1v) is 7.36. The Balaban J connectivity index is 2.20. The summed E-state index contributed by atoms with van der Waals surface area (Å²) >= 11 is 3.30. The zero-order valence-corrected chi connectivity index (χ0v) is 13.3. The molecule has 1 heterocycles. The molecule has 0 aromatic heterocycles. The van der Waals surface area contributed by atoms with Crippen molar-refractivity contribution < 1.29 is 24.2 Å². The molecule has 2 atom stereocenters. The summed E-state index contributed by atoms with van der Waals surface area (Å²) < 4.78 is 11.1. The van der Waals surface area contributed by atoms with Gasteiger partial charge in [0, 0.05) is 5.56 Å². The summed E-state index contributed by atoms with van der Waals surface area (Å²) in [7, 11) is 0. The fourth-order valence-electron chi connectivity index (χ4n) is 2.01. The van der Waals surface area contributed by atoms with Gasteiger partial charge in [-0.1, -0.05) is 20.3 Å². The number of carbonyl (C=O) groups excluding carboxylic acids is 1. The Morgan fingerprint density at radius 3 is 2.76 bits per heavy atom. The number of benzene rings is 1. The summed E-state index contributed by atoms with van der Waals surface area (Å²) in [4.78, 5) is 23.5. The number of amides is 1. The average Bonchev–Trinajstić information content (AvgIpc) is 2.92. The second kappa shape index (κ2) is 6.34.